The molecule has 152 valence electrons. The number of aromatic carboxylic acids is 1. The second kappa shape index (κ2) is 9.22. The van der Waals surface area contributed by atoms with Crippen molar-refractivity contribution in [1.82, 2.24) is 4.98 Å². The van der Waals surface area contributed by atoms with Gasteiger partial charge in [0, 0.05) is 23.9 Å². The lowest BCUT2D eigenvalue weighted by Gasteiger charge is -2.08. The molecule has 0 atom stereocenters. The van der Waals surface area contributed by atoms with Gasteiger partial charge in [0.25, 0.3) is 0 Å². The maximum absolute atomic E-state index is 11.2. The van der Waals surface area contributed by atoms with Crippen molar-refractivity contribution in [2.24, 2.45) is 5.10 Å². The molecular formula is C21H17ClN4O4. The van der Waals surface area contributed by atoms with E-state index in [9.17, 15) is 10.1 Å². The summed E-state index contributed by atoms with van der Waals surface area (Å²) in [6.07, 6.45) is 1.42. The summed E-state index contributed by atoms with van der Waals surface area (Å²) in [4.78, 5) is 15.5. The lowest BCUT2D eigenvalue weighted by molar-refractivity contribution is 0.0697. The molecule has 2 aromatic heterocycles. The molecule has 2 heterocycles. The summed E-state index contributed by atoms with van der Waals surface area (Å²) in [6, 6.07) is 11.6. The predicted octanol–water partition coefficient (Wildman–Crippen LogP) is 4.47. The Balaban J connectivity index is 1.82. The molecular weight excluding hydrogens is 408 g/mol. The van der Waals surface area contributed by atoms with Gasteiger partial charge in [-0.15, -0.1) is 0 Å². The topological polar surface area (TPSA) is 121 Å². The third-order valence-corrected chi connectivity index (χ3v) is 4.44. The van der Waals surface area contributed by atoms with Crippen molar-refractivity contribution in [2.75, 3.05) is 12.5 Å². The van der Waals surface area contributed by atoms with E-state index in [2.05, 4.69) is 21.6 Å². The molecule has 0 aliphatic carbocycles. The predicted molar refractivity (Wildman–Crippen MR) is 112 cm³/mol. The summed E-state index contributed by atoms with van der Waals surface area (Å²) in [5.41, 5.74) is 5.08. The minimum atomic E-state index is -1.06. The van der Waals surface area contributed by atoms with Crippen molar-refractivity contribution in [1.29, 1.82) is 5.26 Å². The molecule has 2 N–H and O–H groups in total. The second-order valence-electron chi connectivity index (χ2n) is 6.26. The number of ether oxygens (including phenoxy) is 1. The van der Waals surface area contributed by atoms with Crippen molar-refractivity contribution in [3.8, 4) is 17.4 Å². The number of hydrogen-bond donors (Lipinski definition) is 2. The number of pyridine rings is 1. The van der Waals surface area contributed by atoms with Crippen molar-refractivity contribution in [3.63, 3.8) is 0 Å². The third-order valence-electron chi connectivity index (χ3n) is 4.11. The third kappa shape index (κ3) is 4.66. The van der Waals surface area contributed by atoms with Crippen LogP contribution in [-0.2, 0) is 11.3 Å². The number of carboxylic acid groups (broad SMARTS) is 1. The van der Waals surface area contributed by atoms with Gasteiger partial charge >= 0.3 is 5.97 Å². The molecule has 0 amide bonds. The first-order valence-electron chi connectivity index (χ1n) is 8.74. The minimum Gasteiger partial charge on any atom is -0.478 e. The van der Waals surface area contributed by atoms with Crippen molar-refractivity contribution >= 4 is 29.6 Å². The summed E-state index contributed by atoms with van der Waals surface area (Å²) in [5.74, 6) is 0.0536. The van der Waals surface area contributed by atoms with Crippen LogP contribution in [0.5, 0.6) is 0 Å². The molecule has 3 aromatic rings. The number of methoxy groups -OCH3 is 1. The highest BCUT2D eigenvalue weighted by atomic mass is 35.5. The zero-order chi connectivity index (χ0) is 21.7. The van der Waals surface area contributed by atoms with E-state index in [1.807, 2.05) is 6.92 Å². The summed E-state index contributed by atoms with van der Waals surface area (Å²) >= 11 is 6.17. The Bertz CT molecular complexity index is 1160. The van der Waals surface area contributed by atoms with E-state index < -0.39 is 5.97 Å². The van der Waals surface area contributed by atoms with Gasteiger partial charge in [-0.25, -0.2) is 9.78 Å². The summed E-state index contributed by atoms with van der Waals surface area (Å²) in [7, 11) is 1.55. The lowest BCUT2D eigenvalue weighted by Crippen LogP contribution is -2.03. The fourth-order valence-electron chi connectivity index (χ4n) is 2.79. The largest absolute Gasteiger partial charge is 0.478 e. The number of nitriles is 1. The molecule has 0 aliphatic heterocycles. The van der Waals surface area contributed by atoms with Gasteiger partial charge < -0.3 is 14.3 Å². The van der Waals surface area contributed by atoms with Gasteiger partial charge in [-0.2, -0.15) is 10.4 Å². The number of furan rings is 1. The van der Waals surface area contributed by atoms with Crippen LogP contribution in [-0.4, -0.2) is 29.4 Å². The fraction of sp³-hybridized carbons (Fsp3) is 0.143. The minimum absolute atomic E-state index is 0.101. The summed E-state index contributed by atoms with van der Waals surface area (Å²) < 4.78 is 10.8. The van der Waals surface area contributed by atoms with Crippen LogP contribution in [0.4, 0.5) is 5.82 Å². The standard InChI is InChI=1S/C21H17ClN4O4/c1-12-7-14(11-29-2)17(9-23)20(25-12)26-24-10-15-4-6-19(30-15)16-8-13(21(27)28)3-5-18(16)22/h3-8,10H,11H2,1-2H3,(H,25,26)(H,27,28). The Kier molecular flexibility index (Phi) is 6.47. The van der Waals surface area contributed by atoms with Gasteiger partial charge in [0.05, 0.1) is 23.4 Å². The molecule has 0 bridgehead atoms. The molecule has 0 saturated heterocycles. The van der Waals surface area contributed by atoms with Crippen LogP contribution < -0.4 is 5.43 Å². The van der Waals surface area contributed by atoms with Crippen molar-refractivity contribution < 1.29 is 19.1 Å². The number of benzene rings is 1. The van der Waals surface area contributed by atoms with Crippen LogP contribution in [0.3, 0.4) is 0 Å². The van der Waals surface area contributed by atoms with E-state index in [-0.39, 0.29) is 12.2 Å². The van der Waals surface area contributed by atoms with Gasteiger partial charge in [-0.05, 0) is 43.3 Å². The Morgan fingerprint density at radius 2 is 2.20 bits per heavy atom. The Hall–Kier alpha value is -3.67. The van der Waals surface area contributed by atoms with Gasteiger partial charge in [-0.1, -0.05) is 11.6 Å². The van der Waals surface area contributed by atoms with Crippen LogP contribution in [0.2, 0.25) is 5.02 Å². The highest BCUT2D eigenvalue weighted by Gasteiger charge is 2.13. The Morgan fingerprint density at radius 3 is 2.90 bits per heavy atom. The van der Waals surface area contributed by atoms with Crippen LogP contribution in [0.15, 0.2) is 45.9 Å². The molecule has 8 nitrogen and oxygen atoms in total. The van der Waals surface area contributed by atoms with E-state index in [4.69, 9.17) is 25.9 Å². The molecule has 3 rings (SSSR count). The zero-order valence-corrected chi connectivity index (χ0v) is 16.9. The maximum atomic E-state index is 11.2. The molecule has 0 radical (unpaired) electrons. The van der Waals surface area contributed by atoms with Gasteiger partial charge in [0.15, 0.2) is 5.82 Å². The number of aryl methyl sites for hydroxylation is 1. The number of rotatable bonds is 7. The summed E-state index contributed by atoms with van der Waals surface area (Å²) in [5, 5.41) is 23.0. The molecule has 0 aliphatic rings. The smallest absolute Gasteiger partial charge is 0.335 e. The van der Waals surface area contributed by atoms with Crippen molar-refractivity contribution in [3.05, 3.63) is 69.6 Å². The van der Waals surface area contributed by atoms with Crippen LogP contribution >= 0.6 is 11.6 Å². The first kappa shape index (κ1) is 21.0. The van der Waals surface area contributed by atoms with E-state index in [1.54, 1.807) is 25.3 Å². The molecule has 0 spiro atoms. The lowest BCUT2D eigenvalue weighted by atomic mass is 10.1. The Morgan fingerprint density at radius 1 is 1.40 bits per heavy atom. The van der Waals surface area contributed by atoms with Gasteiger partial charge in [0.2, 0.25) is 0 Å². The Labute approximate surface area is 177 Å². The van der Waals surface area contributed by atoms with Crippen molar-refractivity contribution in [2.45, 2.75) is 13.5 Å². The number of hydrazone groups is 1. The normalized spacial score (nSPS) is 10.9. The number of halogens is 1. The summed E-state index contributed by atoms with van der Waals surface area (Å²) in [6.45, 7) is 2.09. The number of anilines is 1. The molecule has 0 fully saturated rings. The average Bonchev–Trinajstić information content (AvgIpc) is 3.17. The molecule has 9 heteroatoms. The molecule has 1 aromatic carbocycles. The fourth-order valence-corrected chi connectivity index (χ4v) is 3.00. The van der Waals surface area contributed by atoms with Gasteiger partial charge in [0.1, 0.15) is 23.2 Å². The van der Waals surface area contributed by atoms with Gasteiger partial charge in [-0.3, -0.25) is 5.43 Å². The molecule has 0 saturated carbocycles. The number of carbonyl (C=O) groups is 1. The van der Waals surface area contributed by atoms with Crippen LogP contribution in [0, 0.1) is 18.3 Å². The average molecular weight is 425 g/mol. The molecule has 30 heavy (non-hydrogen) atoms. The first-order valence-corrected chi connectivity index (χ1v) is 9.12. The first-order chi connectivity index (χ1) is 14.4. The SMILES string of the molecule is COCc1cc(C)nc(NN=Cc2ccc(-c3cc(C(=O)O)ccc3Cl)o2)c1C#N. The number of nitrogens with one attached hydrogen (secondary N) is 1. The maximum Gasteiger partial charge on any atom is 0.335 e. The van der Waals surface area contributed by atoms with Crippen LogP contribution in [0.25, 0.3) is 11.3 Å². The van der Waals surface area contributed by atoms with E-state index in [0.29, 0.717) is 44.7 Å². The number of hydrogen-bond acceptors (Lipinski definition) is 7. The second-order valence-corrected chi connectivity index (χ2v) is 6.67. The quantitative estimate of drug-likeness (QED) is 0.424. The van der Waals surface area contributed by atoms with E-state index in [1.165, 1.54) is 24.4 Å². The highest BCUT2D eigenvalue weighted by molar-refractivity contribution is 6.33. The van der Waals surface area contributed by atoms with E-state index >= 15 is 0 Å². The monoisotopic (exact) mass is 424 g/mol. The van der Waals surface area contributed by atoms with E-state index in [0.717, 1.165) is 0 Å². The van der Waals surface area contributed by atoms with Crippen LogP contribution in [0.1, 0.15) is 32.9 Å². The molecule has 0 unspecified atom stereocenters. The number of nitrogens with zero attached hydrogens (tertiary/aromatic N) is 3. The zero-order valence-electron chi connectivity index (χ0n) is 16.1. The number of aromatic nitrogens is 1. The highest BCUT2D eigenvalue weighted by Crippen LogP contribution is 2.30. The number of carboxylic acids is 1.